The van der Waals surface area contributed by atoms with Crippen LogP contribution in [0.1, 0.15) is 53.1 Å². The Morgan fingerprint density at radius 3 is 2.60 bits per heavy atom. The second-order valence-electron chi connectivity index (χ2n) is 8.29. The summed E-state index contributed by atoms with van der Waals surface area (Å²) in [6.07, 6.45) is 5.47. The third-order valence-electron chi connectivity index (χ3n) is 6.13. The lowest BCUT2D eigenvalue weighted by Gasteiger charge is -2.28. The molecule has 0 unspecified atom stereocenters. The molecule has 0 atom stereocenters. The molecule has 0 radical (unpaired) electrons. The van der Waals surface area contributed by atoms with Crippen LogP contribution in [0.3, 0.4) is 0 Å². The molecule has 5 rings (SSSR count). The van der Waals surface area contributed by atoms with Crippen LogP contribution in [0.25, 0.3) is 11.5 Å². The van der Waals surface area contributed by atoms with Crippen LogP contribution < -0.4 is 5.32 Å². The fourth-order valence-corrected chi connectivity index (χ4v) is 4.45. The summed E-state index contributed by atoms with van der Waals surface area (Å²) in [6, 6.07) is 17.1. The van der Waals surface area contributed by atoms with E-state index in [2.05, 4.69) is 56.8 Å². The van der Waals surface area contributed by atoms with E-state index in [9.17, 15) is 4.79 Å². The molecule has 2 aromatic carbocycles. The molecular formula is C24H26N4O2. The predicted octanol–water partition coefficient (Wildman–Crippen LogP) is 3.97. The largest absolute Gasteiger partial charge is 0.412 e. The zero-order valence-electron chi connectivity index (χ0n) is 17.0. The van der Waals surface area contributed by atoms with Gasteiger partial charge in [0.15, 0.2) is 0 Å². The highest BCUT2D eigenvalue weighted by Crippen LogP contribution is 2.23. The minimum atomic E-state index is -0.275. The van der Waals surface area contributed by atoms with Crippen molar-refractivity contribution in [1.29, 1.82) is 0 Å². The monoisotopic (exact) mass is 402 g/mol. The molecule has 1 aromatic heterocycles. The van der Waals surface area contributed by atoms with Crippen molar-refractivity contribution < 1.29 is 9.21 Å². The number of carbonyl (C=O) groups is 1. The van der Waals surface area contributed by atoms with E-state index >= 15 is 0 Å². The molecule has 6 heteroatoms. The summed E-state index contributed by atoms with van der Waals surface area (Å²) < 4.78 is 5.63. The van der Waals surface area contributed by atoms with Crippen molar-refractivity contribution >= 4 is 5.91 Å². The van der Waals surface area contributed by atoms with Gasteiger partial charge < -0.3 is 9.73 Å². The lowest BCUT2D eigenvalue weighted by atomic mass is 9.99. The van der Waals surface area contributed by atoms with Crippen LogP contribution in [0, 0.1) is 0 Å². The van der Waals surface area contributed by atoms with Gasteiger partial charge in [0.05, 0.1) is 0 Å². The molecule has 1 aliphatic carbocycles. The molecular weight excluding hydrogens is 376 g/mol. The summed E-state index contributed by atoms with van der Waals surface area (Å²) in [6.45, 7) is 2.97. The van der Waals surface area contributed by atoms with E-state index in [1.54, 1.807) is 0 Å². The maximum atomic E-state index is 12.3. The van der Waals surface area contributed by atoms with E-state index in [-0.39, 0.29) is 17.8 Å². The van der Waals surface area contributed by atoms with E-state index < -0.39 is 0 Å². The van der Waals surface area contributed by atoms with Gasteiger partial charge in [0.2, 0.25) is 5.89 Å². The van der Waals surface area contributed by atoms with Gasteiger partial charge in [-0.2, -0.15) is 0 Å². The average molecular weight is 402 g/mol. The minimum Gasteiger partial charge on any atom is -0.412 e. The molecule has 0 bridgehead atoms. The van der Waals surface area contributed by atoms with Crippen LogP contribution in [0.15, 0.2) is 52.9 Å². The van der Waals surface area contributed by atoms with Gasteiger partial charge in [-0.1, -0.05) is 49.2 Å². The van der Waals surface area contributed by atoms with E-state index in [4.69, 9.17) is 4.42 Å². The average Bonchev–Trinajstić information content (AvgIpc) is 3.47. The summed E-state index contributed by atoms with van der Waals surface area (Å²) >= 11 is 0. The summed E-state index contributed by atoms with van der Waals surface area (Å²) in [4.78, 5) is 14.8. The smallest absolute Gasteiger partial charge is 0.309 e. The second kappa shape index (κ2) is 8.40. The molecule has 1 fully saturated rings. The lowest BCUT2D eigenvalue weighted by molar-refractivity contribution is 0.0903. The van der Waals surface area contributed by atoms with E-state index in [1.807, 2.05) is 12.1 Å². The number of rotatable bonds is 5. The molecule has 1 N–H and O–H groups in total. The van der Waals surface area contributed by atoms with Crippen LogP contribution >= 0.6 is 0 Å². The Bertz CT molecular complexity index is 1020. The first-order valence-corrected chi connectivity index (χ1v) is 10.8. The fourth-order valence-electron chi connectivity index (χ4n) is 4.45. The van der Waals surface area contributed by atoms with Crippen LogP contribution in [0.5, 0.6) is 0 Å². The maximum absolute atomic E-state index is 12.3. The quantitative estimate of drug-likeness (QED) is 0.699. The van der Waals surface area contributed by atoms with Gasteiger partial charge in [-0.25, -0.2) is 0 Å². The SMILES string of the molecule is O=C(NC1CCCC1)c1nnc(-c2ccc(CN3CCc4ccccc4C3)cc2)o1. The number of aromatic nitrogens is 2. The number of amides is 1. The first kappa shape index (κ1) is 19.0. The van der Waals surface area contributed by atoms with Gasteiger partial charge in [-0.05, 0) is 48.1 Å². The maximum Gasteiger partial charge on any atom is 0.309 e. The Balaban J connectivity index is 1.21. The van der Waals surface area contributed by atoms with Crippen LogP contribution in [-0.2, 0) is 19.5 Å². The van der Waals surface area contributed by atoms with Crippen LogP contribution in [-0.4, -0.2) is 33.6 Å². The Kier molecular flexibility index (Phi) is 5.32. The molecule has 3 aromatic rings. The molecule has 2 aliphatic rings. The molecule has 2 heterocycles. The van der Waals surface area contributed by atoms with Gasteiger partial charge in [0, 0.05) is 31.2 Å². The normalized spacial score (nSPS) is 17.1. The van der Waals surface area contributed by atoms with Gasteiger partial charge >= 0.3 is 11.8 Å². The highest BCUT2D eigenvalue weighted by Gasteiger charge is 2.22. The number of hydrogen-bond acceptors (Lipinski definition) is 5. The number of fused-ring (bicyclic) bond motifs is 1. The second-order valence-corrected chi connectivity index (χ2v) is 8.29. The Morgan fingerprint density at radius 1 is 1.03 bits per heavy atom. The number of benzene rings is 2. The molecule has 1 amide bonds. The first-order chi connectivity index (χ1) is 14.7. The molecule has 1 aliphatic heterocycles. The van der Waals surface area contributed by atoms with Crippen molar-refractivity contribution in [2.24, 2.45) is 0 Å². The zero-order chi connectivity index (χ0) is 20.3. The first-order valence-electron chi connectivity index (χ1n) is 10.8. The van der Waals surface area contributed by atoms with Crippen molar-refractivity contribution in [3.63, 3.8) is 0 Å². The molecule has 1 saturated carbocycles. The topological polar surface area (TPSA) is 71.3 Å². The van der Waals surface area contributed by atoms with Gasteiger partial charge in [-0.3, -0.25) is 9.69 Å². The van der Waals surface area contributed by atoms with Gasteiger partial charge in [-0.15, -0.1) is 10.2 Å². The Morgan fingerprint density at radius 2 is 1.80 bits per heavy atom. The predicted molar refractivity (Wildman–Crippen MR) is 114 cm³/mol. The van der Waals surface area contributed by atoms with Gasteiger partial charge in [0.25, 0.3) is 0 Å². The number of hydrogen-bond donors (Lipinski definition) is 1. The molecule has 6 nitrogen and oxygen atoms in total. The number of nitrogens with one attached hydrogen (secondary N) is 1. The fraction of sp³-hybridized carbons (Fsp3) is 0.375. The third kappa shape index (κ3) is 4.14. The van der Waals surface area contributed by atoms with E-state index in [1.165, 1.54) is 16.7 Å². The summed E-state index contributed by atoms with van der Waals surface area (Å²) in [5.74, 6) is 0.139. The van der Waals surface area contributed by atoms with Crippen molar-refractivity contribution in [2.75, 3.05) is 6.54 Å². The third-order valence-corrected chi connectivity index (χ3v) is 6.13. The van der Waals surface area contributed by atoms with Crippen molar-refractivity contribution in [2.45, 2.75) is 51.2 Å². The van der Waals surface area contributed by atoms with Crippen molar-refractivity contribution in [1.82, 2.24) is 20.4 Å². The minimum absolute atomic E-state index is 0.0351. The summed E-state index contributed by atoms with van der Waals surface area (Å²) in [7, 11) is 0. The highest BCUT2D eigenvalue weighted by atomic mass is 16.4. The molecule has 0 saturated heterocycles. The standard InChI is InChI=1S/C24H26N4O2/c29-22(25-21-7-3-4-8-21)24-27-26-23(30-24)19-11-9-17(10-12-19)15-28-14-13-18-5-1-2-6-20(18)16-28/h1-2,5-6,9-12,21H,3-4,7-8,13-16H2,(H,25,29). The van der Waals surface area contributed by atoms with Crippen molar-refractivity contribution in [3.8, 4) is 11.5 Å². The van der Waals surface area contributed by atoms with E-state index in [0.717, 1.165) is 57.3 Å². The zero-order valence-corrected chi connectivity index (χ0v) is 17.0. The van der Waals surface area contributed by atoms with Crippen LogP contribution in [0.4, 0.5) is 0 Å². The molecule has 30 heavy (non-hydrogen) atoms. The number of carbonyl (C=O) groups excluding carboxylic acids is 1. The van der Waals surface area contributed by atoms with Crippen LogP contribution in [0.2, 0.25) is 0 Å². The Hall–Kier alpha value is -2.99. The lowest BCUT2D eigenvalue weighted by Crippen LogP contribution is -2.32. The molecule has 154 valence electrons. The molecule has 0 spiro atoms. The summed E-state index contributed by atoms with van der Waals surface area (Å²) in [5.41, 5.74) is 4.97. The number of nitrogens with zero attached hydrogens (tertiary/aromatic N) is 3. The van der Waals surface area contributed by atoms with Crippen molar-refractivity contribution in [3.05, 3.63) is 71.1 Å². The summed E-state index contributed by atoms with van der Waals surface area (Å²) in [5, 5.41) is 11.0. The highest BCUT2D eigenvalue weighted by molar-refractivity contribution is 5.89. The van der Waals surface area contributed by atoms with E-state index in [0.29, 0.717) is 5.89 Å². The van der Waals surface area contributed by atoms with Gasteiger partial charge in [0.1, 0.15) is 0 Å². The Labute approximate surface area is 176 Å².